The van der Waals surface area contributed by atoms with E-state index in [0.717, 1.165) is 6.54 Å². The maximum atomic E-state index is 12.0. The first kappa shape index (κ1) is 16.7. The van der Waals surface area contributed by atoms with Crippen LogP contribution >= 0.6 is 0 Å². The fourth-order valence-corrected chi connectivity index (χ4v) is 2.04. The van der Waals surface area contributed by atoms with Crippen LogP contribution in [0.3, 0.4) is 0 Å². The van der Waals surface area contributed by atoms with Crippen LogP contribution in [0.1, 0.15) is 26.3 Å². The van der Waals surface area contributed by atoms with Crippen molar-refractivity contribution < 1.29 is 9.53 Å². The Kier molecular flexibility index (Phi) is 7.26. The van der Waals surface area contributed by atoms with Gasteiger partial charge in [-0.3, -0.25) is 9.69 Å². The lowest BCUT2D eigenvalue weighted by Gasteiger charge is -2.26. The van der Waals surface area contributed by atoms with Crippen molar-refractivity contribution in [1.29, 1.82) is 0 Å². The Morgan fingerprint density at radius 1 is 1.25 bits per heavy atom. The minimum absolute atomic E-state index is 0.0400. The van der Waals surface area contributed by atoms with Crippen LogP contribution in [-0.2, 0) is 16.1 Å². The van der Waals surface area contributed by atoms with E-state index in [4.69, 9.17) is 4.74 Å². The van der Waals surface area contributed by atoms with Crippen molar-refractivity contribution >= 4 is 5.91 Å². The lowest BCUT2D eigenvalue weighted by Crippen LogP contribution is -2.44. The highest BCUT2D eigenvalue weighted by Gasteiger charge is 2.15. The summed E-state index contributed by atoms with van der Waals surface area (Å²) in [7, 11) is 1.64. The normalized spacial score (nSPS) is 12.7. The highest BCUT2D eigenvalue weighted by molar-refractivity contribution is 5.78. The van der Waals surface area contributed by atoms with Gasteiger partial charge in [-0.25, -0.2) is 0 Å². The van der Waals surface area contributed by atoms with Gasteiger partial charge in [-0.05, 0) is 26.3 Å². The van der Waals surface area contributed by atoms with Crippen LogP contribution in [0.5, 0.6) is 0 Å². The van der Waals surface area contributed by atoms with Gasteiger partial charge in [0.25, 0.3) is 0 Å². The predicted octanol–water partition coefficient (Wildman–Crippen LogP) is 2.05. The van der Waals surface area contributed by atoms with Gasteiger partial charge in [0.2, 0.25) is 5.91 Å². The molecule has 0 saturated carbocycles. The SMILES string of the molecule is COC[C@H](C)NC(=O)CN(Cc1ccccc1)C(C)C. The molecule has 4 nitrogen and oxygen atoms in total. The second-order valence-electron chi connectivity index (χ2n) is 5.41. The van der Waals surface area contributed by atoms with E-state index >= 15 is 0 Å². The highest BCUT2D eigenvalue weighted by Crippen LogP contribution is 2.07. The number of hydrogen-bond donors (Lipinski definition) is 1. The van der Waals surface area contributed by atoms with Crippen LogP contribution in [0.4, 0.5) is 0 Å². The summed E-state index contributed by atoms with van der Waals surface area (Å²) in [6, 6.07) is 10.6. The number of nitrogens with zero attached hydrogens (tertiary/aromatic N) is 1. The van der Waals surface area contributed by atoms with Gasteiger partial charge in [0.1, 0.15) is 0 Å². The van der Waals surface area contributed by atoms with Crippen molar-refractivity contribution in [3.05, 3.63) is 35.9 Å². The molecule has 0 fully saturated rings. The maximum absolute atomic E-state index is 12.0. The lowest BCUT2D eigenvalue weighted by atomic mass is 10.2. The summed E-state index contributed by atoms with van der Waals surface area (Å²) >= 11 is 0. The van der Waals surface area contributed by atoms with Crippen LogP contribution in [0.15, 0.2) is 30.3 Å². The third-order valence-electron chi connectivity index (χ3n) is 3.13. The Morgan fingerprint density at radius 2 is 1.90 bits per heavy atom. The first-order chi connectivity index (χ1) is 9.52. The summed E-state index contributed by atoms with van der Waals surface area (Å²) in [6.07, 6.45) is 0. The molecule has 112 valence electrons. The van der Waals surface area contributed by atoms with Gasteiger partial charge in [0, 0.05) is 25.7 Å². The van der Waals surface area contributed by atoms with E-state index in [1.807, 2.05) is 25.1 Å². The molecule has 0 radical (unpaired) electrons. The van der Waals surface area contributed by atoms with Crippen molar-refractivity contribution in [3.63, 3.8) is 0 Å². The first-order valence-corrected chi connectivity index (χ1v) is 7.09. The van der Waals surface area contributed by atoms with Gasteiger partial charge < -0.3 is 10.1 Å². The smallest absolute Gasteiger partial charge is 0.234 e. The molecule has 1 aromatic carbocycles. The molecule has 0 aliphatic rings. The fourth-order valence-electron chi connectivity index (χ4n) is 2.04. The standard InChI is InChI=1S/C16H26N2O2/c1-13(2)18(10-15-8-6-5-7-9-15)11-16(19)17-14(3)12-20-4/h5-9,13-14H,10-12H2,1-4H3,(H,17,19)/t14-/m0/s1. The molecule has 0 aromatic heterocycles. The molecule has 0 aliphatic heterocycles. The van der Waals surface area contributed by atoms with Gasteiger partial charge in [-0.15, -0.1) is 0 Å². The van der Waals surface area contributed by atoms with Crippen molar-refractivity contribution in [2.45, 2.75) is 39.4 Å². The number of methoxy groups -OCH3 is 1. The minimum Gasteiger partial charge on any atom is -0.383 e. The zero-order valence-corrected chi connectivity index (χ0v) is 12.9. The quantitative estimate of drug-likeness (QED) is 0.791. The van der Waals surface area contributed by atoms with Crippen molar-refractivity contribution in [2.24, 2.45) is 0 Å². The average Bonchev–Trinajstić information content (AvgIpc) is 2.39. The molecule has 20 heavy (non-hydrogen) atoms. The van der Waals surface area contributed by atoms with E-state index in [-0.39, 0.29) is 11.9 Å². The van der Waals surface area contributed by atoms with Gasteiger partial charge in [0.05, 0.1) is 13.2 Å². The maximum Gasteiger partial charge on any atom is 0.234 e. The number of benzene rings is 1. The summed E-state index contributed by atoms with van der Waals surface area (Å²) in [6.45, 7) is 7.87. The molecule has 0 unspecified atom stereocenters. The van der Waals surface area contributed by atoms with E-state index in [2.05, 4.69) is 36.2 Å². The molecule has 0 heterocycles. The Hall–Kier alpha value is -1.39. The number of carbonyl (C=O) groups excluding carboxylic acids is 1. The molecule has 1 aromatic rings. The van der Waals surface area contributed by atoms with Crippen molar-refractivity contribution in [2.75, 3.05) is 20.3 Å². The summed E-state index contributed by atoms with van der Waals surface area (Å²) in [5.41, 5.74) is 1.22. The van der Waals surface area contributed by atoms with Gasteiger partial charge in [-0.2, -0.15) is 0 Å². The molecule has 0 spiro atoms. The third kappa shape index (κ3) is 6.17. The number of nitrogens with one attached hydrogen (secondary N) is 1. The van der Waals surface area contributed by atoms with Crippen LogP contribution in [-0.4, -0.2) is 43.2 Å². The van der Waals surface area contributed by atoms with E-state index < -0.39 is 0 Å². The van der Waals surface area contributed by atoms with E-state index in [0.29, 0.717) is 19.2 Å². The van der Waals surface area contributed by atoms with E-state index in [1.165, 1.54) is 5.56 Å². The zero-order valence-electron chi connectivity index (χ0n) is 12.9. The van der Waals surface area contributed by atoms with Gasteiger partial charge >= 0.3 is 0 Å². The summed E-state index contributed by atoms with van der Waals surface area (Å²) in [4.78, 5) is 14.2. The molecular weight excluding hydrogens is 252 g/mol. The molecule has 0 bridgehead atoms. The van der Waals surface area contributed by atoms with Crippen LogP contribution in [0.2, 0.25) is 0 Å². The second-order valence-corrected chi connectivity index (χ2v) is 5.41. The van der Waals surface area contributed by atoms with E-state index in [1.54, 1.807) is 7.11 Å². The zero-order chi connectivity index (χ0) is 15.0. The predicted molar refractivity (Wildman–Crippen MR) is 81.5 cm³/mol. The van der Waals surface area contributed by atoms with Crippen LogP contribution < -0.4 is 5.32 Å². The summed E-state index contributed by atoms with van der Waals surface area (Å²) in [5.74, 6) is 0.0409. The van der Waals surface area contributed by atoms with Crippen molar-refractivity contribution in [3.8, 4) is 0 Å². The van der Waals surface area contributed by atoms with Crippen molar-refractivity contribution in [1.82, 2.24) is 10.2 Å². The third-order valence-corrected chi connectivity index (χ3v) is 3.13. The van der Waals surface area contributed by atoms with Crippen LogP contribution in [0.25, 0.3) is 0 Å². The Balaban J connectivity index is 2.53. The minimum atomic E-state index is 0.0400. The number of ether oxygens (including phenoxy) is 1. The average molecular weight is 278 g/mol. The summed E-state index contributed by atoms with van der Waals surface area (Å²) < 4.78 is 5.02. The fraction of sp³-hybridized carbons (Fsp3) is 0.562. The van der Waals surface area contributed by atoms with Gasteiger partial charge in [0.15, 0.2) is 0 Å². The monoisotopic (exact) mass is 278 g/mol. The summed E-state index contributed by atoms with van der Waals surface area (Å²) in [5, 5.41) is 2.95. The number of carbonyl (C=O) groups is 1. The molecule has 1 amide bonds. The number of amides is 1. The first-order valence-electron chi connectivity index (χ1n) is 7.09. The molecule has 0 aliphatic carbocycles. The van der Waals surface area contributed by atoms with Crippen LogP contribution in [0, 0.1) is 0 Å². The Bertz CT molecular complexity index is 393. The largest absolute Gasteiger partial charge is 0.383 e. The number of rotatable bonds is 8. The lowest BCUT2D eigenvalue weighted by molar-refractivity contribution is -0.123. The van der Waals surface area contributed by atoms with Gasteiger partial charge in [-0.1, -0.05) is 30.3 Å². The highest BCUT2D eigenvalue weighted by atomic mass is 16.5. The molecule has 0 saturated heterocycles. The van der Waals surface area contributed by atoms with E-state index in [9.17, 15) is 4.79 Å². The second kappa shape index (κ2) is 8.72. The Morgan fingerprint density at radius 3 is 2.45 bits per heavy atom. The molecule has 1 N–H and O–H groups in total. The molecule has 4 heteroatoms. The molecular formula is C16H26N2O2. The topological polar surface area (TPSA) is 41.6 Å². The molecule has 1 rings (SSSR count). The molecule has 1 atom stereocenters. The Labute approximate surface area is 122 Å². The number of hydrogen-bond acceptors (Lipinski definition) is 3.